The summed E-state index contributed by atoms with van der Waals surface area (Å²) in [4.78, 5) is 0. The van der Waals surface area contributed by atoms with Gasteiger partial charge in [0, 0.05) is 17.9 Å². The molecule has 2 heteroatoms. The summed E-state index contributed by atoms with van der Waals surface area (Å²) >= 11 is 0. The first kappa shape index (κ1) is 13.6. The third kappa shape index (κ3) is 3.38. The van der Waals surface area contributed by atoms with Gasteiger partial charge >= 0.3 is 0 Å². The fourth-order valence-electron chi connectivity index (χ4n) is 3.09. The van der Waals surface area contributed by atoms with E-state index in [9.17, 15) is 0 Å². The van der Waals surface area contributed by atoms with Crippen LogP contribution in [0.1, 0.15) is 35.9 Å². The Morgan fingerprint density at radius 2 is 1.45 bits per heavy atom. The predicted octanol–water partition coefficient (Wildman–Crippen LogP) is 3.47. The highest BCUT2D eigenvalue weighted by atomic mass is 28.2. The first-order valence-corrected chi connectivity index (χ1v) is 9.28. The van der Waals surface area contributed by atoms with Gasteiger partial charge in [0.1, 0.15) is 0 Å². The lowest BCUT2D eigenvalue weighted by Gasteiger charge is -2.27. The Morgan fingerprint density at radius 1 is 0.850 bits per heavy atom. The molecule has 0 bridgehead atoms. The van der Waals surface area contributed by atoms with Crippen LogP contribution in [0.15, 0.2) is 60.7 Å². The number of ether oxygens (including phenoxy) is 1. The second-order valence-electron chi connectivity index (χ2n) is 5.60. The summed E-state index contributed by atoms with van der Waals surface area (Å²) in [7, 11) is -0.339. The molecule has 0 saturated carbocycles. The summed E-state index contributed by atoms with van der Waals surface area (Å²) < 4.78 is 6.01. The van der Waals surface area contributed by atoms with E-state index in [1.807, 2.05) is 0 Å². The summed E-state index contributed by atoms with van der Waals surface area (Å²) in [6, 6.07) is 21.9. The molecule has 2 aromatic carbocycles. The molecule has 0 spiro atoms. The van der Waals surface area contributed by atoms with Crippen molar-refractivity contribution in [2.45, 2.75) is 30.5 Å². The van der Waals surface area contributed by atoms with E-state index in [4.69, 9.17) is 4.74 Å². The van der Waals surface area contributed by atoms with Gasteiger partial charge in [-0.3, -0.25) is 0 Å². The van der Waals surface area contributed by atoms with Gasteiger partial charge in [0.15, 0.2) is 0 Å². The molecule has 3 rings (SSSR count). The van der Waals surface area contributed by atoms with Crippen LogP contribution in [0, 0.1) is 0 Å². The lowest BCUT2D eigenvalue weighted by molar-refractivity contribution is 0.0646. The lowest BCUT2D eigenvalue weighted by atomic mass is 10.0. The molecule has 1 atom stereocenters. The maximum absolute atomic E-state index is 6.01. The van der Waals surface area contributed by atoms with Crippen LogP contribution in [0.3, 0.4) is 0 Å². The molecule has 0 radical (unpaired) electrons. The van der Waals surface area contributed by atoms with Gasteiger partial charge in [0.05, 0.1) is 9.52 Å². The Bertz CT molecular complexity index is 466. The van der Waals surface area contributed by atoms with Gasteiger partial charge in [-0.2, -0.15) is 0 Å². The molecule has 0 aliphatic carbocycles. The SMILES string of the molecule is c1ccc(C([SiH2]C2CCCCO2)c2ccccc2)cc1. The number of rotatable bonds is 4. The third-order valence-corrected chi connectivity index (χ3v) is 6.76. The Kier molecular flexibility index (Phi) is 4.67. The van der Waals surface area contributed by atoms with Crippen LogP contribution in [0.5, 0.6) is 0 Å². The maximum atomic E-state index is 6.01. The van der Waals surface area contributed by atoms with Crippen LogP contribution in [-0.4, -0.2) is 21.9 Å². The summed E-state index contributed by atoms with van der Waals surface area (Å²) in [6.07, 6.45) is 3.85. The molecule has 1 saturated heterocycles. The maximum Gasteiger partial charge on any atom is 0.0691 e. The lowest BCUT2D eigenvalue weighted by Crippen LogP contribution is -2.30. The van der Waals surface area contributed by atoms with E-state index >= 15 is 0 Å². The highest BCUT2D eigenvalue weighted by molar-refractivity contribution is 6.40. The van der Waals surface area contributed by atoms with Crippen molar-refractivity contribution >= 4 is 9.52 Å². The van der Waals surface area contributed by atoms with Crippen LogP contribution in [0.2, 0.25) is 0 Å². The summed E-state index contributed by atoms with van der Waals surface area (Å²) in [5, 5.41) is 0. The van der Waals surface area contributed by atoms with E-state index < -0.39 is 0 Å². The average molecular weight is 282 g/mol. The molecule has 0 N–H and O–H groups in total. The van der Waals surface area contributed by atoms with Crippen LogP contribution in [0.4, 0.5) is 0 Å². The van der Waals surface area contributed by atoms with Gasteiger partial charge in [-0.1, -0.05) is 60.7 Å². The first-order valence-electron chi connectivity index (χ1n) is 7.65. The molecule has 1 fully saturated rings. The van der Waals surface area contributed by atoms with Crippen molar-refractivity contribution in [3.05, 3.63) is 71.8 Å². The number of hydrogen-bond acceptors (Lipinski definition) is 1. The van der Waals surface area contributed by atoms with Crippen molar-refractivity contribution in [2.24, 2.45) is 0 Å². The van der Waals surface area contributed by atoms with Crippen LogP contribution < -0.4 is 0 Å². The topological polar surface area (TPSA) is 9.23 Å². The van der Waals surface area contributed by atoms with Gasteiger partial charge in [-0.25, -0.2) is 0 Å². The van der Waals surface area contributed by atoms with Crippen LogP contribution >= 0.6 is 0 Å². The van der Waals surface area contributed by atoms with Crippen molar-refractivity contribution in [1.82, 2.24) is 0 Å². The summed E-state index contributed by atoms with van der Waals surface area (Å²) in [5.74, 6) is 0. The normalized spacial score (nSPS) is 19.8. The largest absolute Gasteiger partial charge is 0.382 e. The zero-order chi connectivity index (χ0) is 13.6. The van der Waals surface area contributed by atoms with Crippen molar-refractivity contribution in [3.63, 3.8) is 0 Å². The van der Waals surface area contributed by atoms with Gasteiger partial charge < -0.3 is 4.74 Å². The molecule has 1 aliphatic heterocycles. The molecule has 104 valence electrons. The van der Waals surface area contributed by atoms with E-state index in [1.165, 1.54) is 30.4 Å². The Balaban J connectivity index is 1.83. The van der Waals surface area contributed by atoms with E-state index in [0.29, 0.717) is 11.3 Å². The average Bonchev–Trinajstić information content (AvgIpc) is 2.55. The molecule has 0 amide bonds. The van der Waals surface area contributed by atoms with Crippen LogP contribution in [0.25, 0.3) is 0 Å². The second kappa shape index (κ2) is 6.87. The number of benzene rings is 2. The van der Waals surface area contributed by atoms with Crippen molar-refractivity contribution in [3.8, 4) is 0 Å². The minimum absolute atomic E-state index is 0.339. The monoisotopic (exact) mass is 282 g/mol. The third-order valence-electron chi connectivity index (χ3n) is 4.18. The van der Waals surface area contributed by atoms with Crippen molar-refractivity contribution in [1.29, 1.82) is 0 Å². The molecule has 1 aliphatic rings. The van der Waals surface area contributed by atoms with Gasteiger partial charge in [-0.15, -0.1) is 0 Å². The molecule has 1 unspecified atom stereocenters. The molecule has 20 heavy (non-hydrogen) atoms. The van der Waals surface area contributed by atoms with Crippen LogP contribution in [-0.2, 0) is 4.74 Å². The number of hydrogen-bond donors (Lipinski definition) is 0. The van der Waals surface area contributed by atoms with E-state index in [0.717, 1.165) is 6.61 Å². The molecule has 1 heterocycles. The Labute approximate surface area is 123 Å². The second-order valence-corrected chi connectivity index (χ2v) is 7.80. The Hall–Kier alpha value is -1.38. The van der Waals surface area contributed by atoms with Crippen molar-refractivity contribution < 1.29 is 4.74 Å². The first-order chi connectivity index (χ1) is 9.93. The molecular weight excluding hydrogens is 260 g/mol. The fourth-order valence-corrected chi connectivity index (χ4v) is 5.53. The van der Waals surface area contributed by atoms with Crippen molar-refractivity contribution in [2.75, 3.05) is 6.61 Å². The standard InChI is InChI=1S/C18H22OSi/c1-3-9-15(10-4-1)18(16-11-5-2-6-12-16)20-17-13-7-8-14-19-17/h1-6,9-12,17-18H,7-8,13-14,20H2. The predicted molar refractivity (Wildman–Crippen MR) is 86.9 cm³/mol. The smallest absolute Gasteiger partial charge is 0.0691 e. The molecule has 2 aromatic rings. The molecule has 0 aromatic heterocycles. The highest BCUT2D eigenvalue weighted by Crippen LogP contribution is 2.26. The fraction of sp³-hybridized carbons (Fsp3) is 0.333. The molecular formula is C18H22OSi. The van der Waals surface area contributed by atoms with E-state index in [-0.39, 0.29) is 9.52 Å². The van der Waals surface area contributed by atoms with Gasteiger partial charge in [-0.05, 0) is 30.4 Å². The quantitative estimate of drug-likeness (QED) is 0.780. The minimum atomic E-state index is -0.339. The Morgan fingerprint density at radius 3 is 1.95 bits per heavy atom. The summed E-state index contributed by atoms with van der Waals surface area (Å²) in [6.45, 7) is 0.966. The van der Waals surface area contributed by atoms with Gasteiger partial charge in [0.25, 0.3) is 0 Å². The zero-order valence-electron chi connectivity index (χ0n) is 11.9. The zero-order valence-corrected chi connectivity index (χ0v) is 13.3. The van der Waals surface area contributed by atoms with Gasteiger partial charge in [0.2, 0.25) is 0 Å². The van der Waals surface area contributed by atoms with E-state index in [1.54, 1.807) is 0 Å². The summed E-state index contributed by atoms with van der Waals surface area (Å²) in [5.41, 5.74) is 4.05. The minimum Gasteiger partial charge on any atom is -0.382 e. The molecule has 1 nitrogen and oxygen atoms in total. The highest BCUT2D eigenvalue weighted by Gasteiger charge is 2.22. The van der Waals surface area contributed by atoms with E-state index in [2.05, 4.69) is 60.7 Å².